The summed E-state index contributed by atoms with van der Waals surface area (Å²) in [5.41, 5.74) is 0. The van der Waals surface area contributed by atoms with Crippen molar-refractivity contribution in [2.24, 2.45) is 0 Å². The highest BCUT2D eigenvalue weighted by atomic mass is 31.2. The number of aliphatic hydroxyl groups excluding tert-OH is 1. The molecule has 73 heavy (non-hydrogen) atoms. The number of carbonyl (C=O) groups excluding carboxylic acids is 1. The Morgan fingerprint density at radius 3 is 1.26 bits per heavy atom. The number of allylic oxidation sites excluding steroid dienone is 19. The van der Waals surface area contributed by atoms with Crippen molar-refractivity contribution in [3.05, 3.63) is 122 Å². The van der Waals surface area contributed by atoms with Gasteiger partial charge >= 0.3 is 7.82 Å². The monoisotopic (exact) mass is 1040 g/mol. The van der Waals surface area contributed by atoms with Crippen LogP contribution in [-0.2, 0) is 18.4 Å². The zero-order valence-corrected chi connectivity index (χ0v) is 48.5. The molecular weight excluding hydrogens is 924 g/mol. The van der Waals surface area contributed by atoms with Crippen LogP contribution >= 0.6 is 7.82 Å². The molecule has 0 heterocycles. The number of phosphoric acid groups is 1. The van der Waals surface area contributed by atoms with Gasteiger partial charge in [-0.15, -0.1) is 0 Å². The van der Waals surface area contributed by atoms with E-state index in [0.29, 0.717) is 17.4 Å². The van der Waals surface area contributed by atoms with Crippen molar-refractivity contribution in [1.29, 1.82) is 0 Å². The molecule has 9 heteroatoms. The number of nitrogens with zero attached hydrogens (tertiary/aromatic N) is 1. The minimum atomic E-state index is -4.36. The molecule has 418 valence electrons. The van der Waals surface area contributed by atoms with Crippen LogP contribution in [0.5, 0.6) is 0 Å². The summed E-state index contributed by atoms with van der Waals surface area (Å²) in [6, 6.07) is -0.876. The Kier molecular flexibility index (Phi) is 51.4. The van der Waals surface area contributed by atoms with Gasteiger partial charge < -0.3 is 19.8 Å². The molecule has 0 aliphatic heterocycles. The summed E-state index contributed by atoms with van der Waals surface area (Å²) in [4.78, 5) is 23.3. The standard InChI is InChI=1S/C64H111N2O6P/c1-6-8-10-12-14-16-18-20-22-23-24-25-26-27-28-29-30-31-32-33-34-35-36-37-38-39-40-41-42-43-44-46-48-50-52-54-56-58-64(68)65-62(61-72-73(69,70)71-60-59-66(3,4)5)63(67)57-55-53-51-49-47-45-21-19-17-15-13-11-9-7-2/h8,10,14,16-17,19-20,22,24-25,27-28,30-31,33-34,47,49,55,57,62-63,67H,6-7,9,11-13,15,18,21,23,26,29,32,35-46,48,50-54,56,58-61H2,1-5H3,(H-,65,68,69,70)/p+1/b10-8-,16-14-,19-17+,22-20-,25-24-,28-27-,31-30-,34-33-,49-47+,57-55+. The van der Waals surface area contributed by atoms with Gasteiger partial charge in [0, 0.05) is 6.42 Å². The molecule has 0 saturated carbocycles. The highest BCUT2D eigenvalue weighted by molar-refractivity contribution is 7.47. The Labute approximate surface area is 450 Å². The van der Waals surface area contributed by atoms with Crippen molar-refractivity contribution in [3.63, 3.8) is 0 Å². The van der Waals surface area contributed by atoms with Crippen molar-refractivity contribution in [3.8, 4) is 0 Å². The van der Waals surface area contributed by atoms with E-state index in [0.717, 1.165) is 89.9 Å². The Balaban J connectivity index is 4.08. The second-order valence-electron chi connectivity index (χ2n) is 20.6. The third-order valence-electron chi connectivity index (χ3n) is 12.4. The van der Waals surface area contributed by atoms with Crippen LogP contribution in [0.1, 0.15) is 226 Å². The highest BCUT2D eigenvalue weighted by Crippen LogP contribution is 2.43. The molecule has 0 radical (unpaired) electrons. The zero-order chi connectivity index (χ0) is 53.5. The van der Waals surface area contributed by atoms with E-state index in [4.69, 9.17) is 9.05 Å². The van der Waals surface area contributed by atoms with E-state index in [2.05, 4.69) is 129 Å². The minimum Gasteiger partial charge on any atom is -0.387 e. The molecule has 3 atom stereocenters. The van der Waals surface area contributed by atoms with E-state index in [1.165, 1.54) is 116 Å². The lowest BCUT2D eigenvalue weighted by Gasteiger charge is -2.25. The molecule has 3 unspecified atom stereocenters. The van der Waals surface area contributed by atoms with E-state index in [9.17, 15) is 19.4 Å². The molecule has 0 aliphatic carbocycles. The molecule has 0 aromatic heterocycles. The maximum atomic E-state index is 13.0. The molecule has 0 aliphatic rings. The van der Waals surface area contributed by atoms with Crippen LogP contribution in [0.25, 0.3) is 0 Å². The van der Waals surface area contributed by atoms with E-state index < -0.39 is 20.0 Å². The fraction of sp³-hybridized carbons (Fsp3) is 0.672. The molecule has 0 bridgehead atoms. The van der Waals surface area contributed by atoms with Gasteiger partial charge in [-0.25, -0.2) is 4.57 Å². The van der Waals surface area contributed by atoms with Gasteiger partial charge in [0.1, 0.15) is 13.2 Å². The average Bonchev–Trinajstić information content (AvgIpc) is 3.35. The van der Waals surface area contributed by atoms with Gasteiger partial charge in [-0.2, -0.15) is 0 Å². The Morgan fingerprint density at radius 1 is 0.479 bits per heavy atom. The van der Waals surface area contributed by atoms with Crippen LogP contribution in [0.4, 0.5) is 0 Å². The fourth-order valence-electron chi connectivity index (χ4n) is 7.82. The fourth-order valence-corrected chi connectivity index (χ4v) is 8.55. The Hall–Kier alpha value is -3.10. The summed E-state index contributed by atoms with van der Waals surface area (Å²) in [6.07, 6.45) is 80.3. The number of amides is 1. The second kappa shape index (κ2) is 53.7. The number of hydrogen-bond acceptors (Lipinski definition) is 5. The normalized spacial score (nSPS) is 14.8. The predicted octanol–water partition coefficient (Wildman–Crippen LogP) is 18.1. The number of quaternary nitrogens is 1. The number of hydrogen-bond donors (Lipinski definition) is 3. The number of nitrogens with one attached hydrogen (secondary N) is 1. The predicted molar refractivity (Wildman–Crippen MR) is 318 cm³/mol. The number of unbranched alkanes of at least 4 members (excludes halogenated alkanes) is 21. The first-order valence-corrected chi connectivity index (χ1v) is 30.9. The first-order chi connectivity index (χ1) is 35.5. The lowest BCUT2D eigenvalue weighted by molar-refractivity contribution is -0.870. The number of aliphatic hydroxyl groups is 1. The van der Waals surface area contributed by atoms with Crippen LogP contribution in [0, 0.1) is 0 Å². The molecule has 0 aromatic carbocycles. The van der Waals surface area contributed by atoms with Crippen molar-refractivity contribution >= 4 is 13.7 Å². The van der Waals surface area contributed by atoms with Crippen molar-refractivity contribution in [2.45, 2.75) is 238 Å². The smallest absolute Gasteiger partial charge is 0.387 e. The lowest BCUT2D eigenvalue weighted by atomic mass is 10.0. The van der Waals surface area contributed by atoms with E-state index in [-0.39, 0.29) is 19.1 Å². The van der Waals surface area contributed by atoms with E-state index in [1.54, 1.807) is 6.08 Å². The van der Waals surface area contributed by atoms with Gasteiger partial charge in [0.2, 0.25) is 5.91 Å². The molecule has 3 N–H and O–H groups in total. The largest absolute Gasteiger partial charge is 0.472 e. The van der Waals surface area contributed by atoms with Crippen molar-refractivity contribution in [1.82, 2.24) is 5.32 Å². The highest BCUT2D eigenvalue weighted by Gasteiger charge is 2.27. The molecule has 0 aromatic rings. The summed E-state index contributed by atoms with van der Waals surface area (Å²) >= 11 is 0. The third-order valence-corrected chi connectivity index (χ3v) is 13.4. The number of carbonyl (C=O) groups is 1. The molecular formula is C64H112N2O6P+. The number of likely N-dealkylation sites (N-methyl/N-ethyl adjacent to an activating group) is 1. The van der Waals surface area contributed by atoms with Gasteiger partial charge in [-0.3, -0.25) is 13.8 Å². The SMILES string of the molecule is CC/C=C\C/C=C\C/C=C\C/C=C\C/C=C\C/C=C\C/C=C\CCCCCCCCCCCCCCCCCC(=O)NC(COP(=O)(O)OCC[N+](C)(C)C)C(O)/C=C/CC/C=C/CC/C=C/CCCCCC. The molecule has 0 rings (SSSR count). The topological polar surface area (TPSA) is 105 Å². The van der Waals surface area contributed by atoms with Gasteiger partial charge in [0.25, 0.3) is 0 Å². The summed E-state index contributed by atoms with van der Waals surface area (Å²) in [5, 5.41) is 13.9. The third kappa shape index (κ3) is 56.5. The maximum Gasteiger partial charge on any atom is 0.472 e. The number of phosphoric ester groups is 1. The van der Waals surface area contributed by atoms with Crippen LogP contribution in [0.15, 0.2) is 122 Å². The van der Waals surface area contributed by atoms with Crippen molar-refractivity contribution < 1.29 is 32.9 Å². The maximum absolute atomic E-state index is 13.0. The first-order valence-electron chi connectivity index (χ1n) is 29.4. The van der Waals surface area contributed by atoms with Crippen LogP contribution in [0.2, 0.25) is 0 Å². The molecule has 0 fully saturated rings. The van der Waals surface area contributed by atoms with Gasteiger partial charge in [-0.05, 0) is 103 Å². The Morgan fingerprint density at radius 2 is 0.836 bits per heavy atom. The molecule has 0 saturated heterocycles. The zero-order valence-electron chi connectivity index (χ0n) is 47.6. The Bertz CT molecular complexity index is 1600. The van der Waals surface area contributed by atoms with Gasteiger partial charge in [0.15, 0.2) is 0 Å². The first kappa shape index (κ1) is 69.9. The number of rotatable bonds is 52. The van der Waals surface area contributed by atoms with Crippen LogP contribution in [-0.4, -0.2) is 73.4 Å². The molecule has 1 amide bonds. The van der Waals surface area contributed by atoms with Crippen LogP contribution in [0.3, 0.4) is 0 Å². The molecule has 8 nitrogen and oxygen atoms in total. The quantitative estimate of drug-likeness (QED) is 0.0243. The van der Waals surface area contributed by atoms with Gasteiger partial charge in [-0.1, -0.05) is 238 Å². The second-order valence-corrected chi connectivity index (χ2v) is 22.1. The average molecular weight is 1040 g/mol. The summed E-state index contributed by atoms with van der Waals surface area (Å²) < 4.78 is 23.6. The van der Waals surface area contributed by atoms with E-state index >= 15 is 0 Å². The summed E-state index contributed by atoms with van der Waals surface area (Å²) in [6.45, 7) is 4.64. The van der Waals surface area contributed by atoms with Crippen molar-refractivity contribution in [2.75, 3.05) is 40.9 Å². The van der Waals surface area contributed by atoms with E-state index in [1.807, 2.05) is 27.2 Å². The molecule has 0 spiro atoms. The summed E-state index contributed by atoms with van der Waals surface area (Å²) in [7, 11) is 1.53. The summed E-state index contributed by atoms with van der Waals surface area (Å²) in [5.74, 6) is -0.196. The van der Waals surface area contributed by atoms with Crippen LogP contribution < -0.4 is 5.32 Å². The van der Waals surface area contributed by atoms with Gasteiger partial charge in [0.05, 0.1) is 39.9 Å². The lowest BCUT2D eigenvalue weighted by Crippen LogP contribution is -2.45. The minimum absolute atomic E-state index is 0.0489.